The molecule has 0 amide bonds. The normalized spacial score (nSPS) is 34.4. The van der Waals surface area contributed by atoms with E-state index in [4.69, 9.17) is 9.47 Å². The van der Waals surface area contributed by atoms with Gasteiger partial charge in [0.05, 0.1) is 24.1 Å². The average Bonchev–Trinajstić information content (AvgIpc) is 2.76. The van der Waals surface area contributed by atoms with E-state index in [0.29, 0.717) is 32.5 Å². The van der Waals surface area contributed by atoms with Crippen LogP contribution in [0.25, 0.3) is 0 Å². The Kier molecular flexibility index (Phi) is 3.29. The first-order valence-electron chi connectivity index (χ1n) is 6.17. The fourth-order valence-corrected chi connectivity index (χ4v) is 3.12. The van der Waals surface area contributed by atoms with Crippen molar-refractivity contribution in [2.45, 2.75) is 32.0 Å². The molecule has 0 aromatic rings. The van der Waals surface area contributed by atoms with Crippen LogP contribution in [0.15, 0.2) is 24.9 Å². The molecule has 0 aromatic heterocycles. The lowest BCUT2D eigenvalue weighted by atomic mass is 9.64. The van der Waals surface area contributed by atoms with E-state index in [1.54, 1.807) is 6.08 Å². The molecule has 0 N–H and O–H groups in total. The number of nitro groups is 1. The van der Waals surface area contributed by atoms with E-state index >= 15 is 0 Å². The summed E-state index contributed by atoms with van der Waals surface area (Å²) in [5.41, 5.74) is -0.350. The standard InChI is InChI=1S/C13H19NO4/c1-4-12(3)9-13(17-7-8-18-13)6-5-11(12)10(2)14(15)16/h4,11H,1-2,5-9H2,3H3/t11-,12+/m1/s1. The van der Waals surface area contributed by atoms with Gasteiger partial charge in [0, 0.05) is 18.3 Å². The van der Waals surface area contributed by atoms with E-state index in [2.05, 4.69) is 13.2 Å². The minimum atomic E-state index is -0.573. The summed E-state index contributed by atoms with van der Waals surface area (Å²) in [6.07, 6.45) is 3.69. The van der Waals surface area contributed by atoms with Gasteiger partial charge in [-0.25, -0.2) is 0 Å². The molecule has 2 aliphatic rings. The molecule has 0 unspecified atom stereocenters. The Hall–Kier alpha value is -1.20. The molecule has 1 heterocycles. The van der Waals surface area contributed by atoms with Crippen LogP contribution in [-0.4, -0.2) is 23.9 Å². The summed E-state index contributed by atoms with van der Waals surface area (Å²) >= 11 is 0. The fourth-order valence-electron chi connectivity index (χ4n) is 3.12. The predicted octanol–water partition coefficient (Wildman–Crippen LogP) is 2.51. The van der Waals surface area contributed by atoms with Gasteiger partial charge in [0.25, 0.3) is 0 Å². The highest BCUT2D eigenvalue weighted by molar-refractivity contribution is 5.11. The van der Waals surface area contributed by atoms with Gasteiger partial charge in [0.1, 0.15) is 0 Å². The molecule has 2 fully saturated rings. The third kappa shape index (κ3) is 2.08. The van der Waals surface area contributed by atoms with Gasteiger partial charge in [-0.15, -0.1) is 6.58 Å². The largest absolute Gasteiger partial charge is 0.348 e. The summed E-state index contributed by atoms with van der Waals surface area (Å²) in [4.78, 5) is 10.5. The zero-order chi connectivity index (χ0) is 13.4. The van der Waals surface area contributed by atoms with Crippen LogP contribution in [0.1, 0.15) is 26.2 Å². The second-order valence-corrected chi connectivity index (χ2v) is 5.33. The monoisotopic (exact) mass is 253 g/mol. The Balaban J connectivity index is 2.23. The van der Waals surface area contributed by atoms with Crippen molar-refractivity contribution in [2.24, 2.45) is 11.3 Å². The maximum absolute atomic E-state index is 10.9. The molecule has 1 saturated heterocycles. The highest BCUT2D eigenvalue weighted by Gasteiger charge is 2.52. The summed E-state index contributed by atoms with van der Waals surface area (Å²) in [6, 6.07) is 0. The van der Waals surface area contributed by atoms with E-state index in [9.17, 15) is 10.1 Å². The fraction of sp³-hybridized carbons (Fsp3) is 0.692. The van der Waals surface area contributed by atoms with Gasteiger partial charge in [-0.1, -0.05) is 13.0 Å². The summed E-state index contributed by atoms with van der Waals surface area (Å²) in [7, 11) is 0. The number of hydrogen-bond donors (Lipinski definition) is 0. The Morgan fingerprint density at radius 2 is 2.11 bits per heavy atom. The smallest absolute Gasteiger partial charge is 0.243 e. The van der Waals surface area contributed by atoms with Gasteiger partial charge < -0.3 is 9.47 Å². The molecule has 2 rings (SSSR count). The van der Waals surface area contributed by atoms with Crippen molar-refractivity contribution in [3.63, 3.8) is 0 Å². The minimum absolute atomic E-state index is 0.0604. The Bertz CT molecular complexity index is 386. The Morgan fingerprint density at radius 1 is 1.50 bits per heavy atom. The van der Waals surface area contributed by atoms with Crippen molar-refractivity contribution < 1.29 is 14.4 Å². The van der Waals surface area contributed by atoms with Crippen molar-refractivity contribution in [3.8, 4) is 0 Å². The van der Waals surface area contributed by atoms with Gasteiger partial charge in [0.2, 0.25) is 5.70 Å². The molecule has 5 nitrogen and oxygen atoms in total. The van der Waals surface area contributed by atoms with Crippen molar-refractivity contribution in [1.29, 1.82) is 0 Å². The number of hydrogen-bond acceptors (Lipinski definition) is 4. The second-order valence-electron chi connectivity index (χ2n) is 5.33. The topological polar surface area (TPSA) is 61.6 Å². The number of nitrogens with zero attached hydrogens (tertiary/aromatic N) is 1. The van der Waals surface area contributed by atoms with E-state index in [1.807, 2.05) is 6.92 Å². The zero-order valence-corrected chi connectivity index (χ0v) is 10.7. The number of rotatable bonds is 3. The Labute approximate surface area is 107 Å². The third-order valence-corrected chi connectivity index (χ3v) is 4.18. The van der Waals surface area contributed by atoms with Crippen LogP contribution in [0.5, 0.6) is 0 Å². The Morgan fingerprint density at radius 3 is 2.61 bits per heavy atom. The van der Waals surface area contributed by atoms with E-state index < -0.39 is 11.2 Å². The van der Waals surface area contributed by atoms with Crippen LogP contribution in [0, 0.1) is 21.4 Å². The molecule has 1 aliphatic heterocycles. The van der Waals surface area contributed by atoms with Crippen LogP contribution in [0.2, 0.25) is 0 Å². The van der Waals surface area contributed by atoms with Crippen molar-refractivity contribution in [2.75, 3.05) is 13.2 Å². The molecule has 0 bridgehead atoms. The van der Waals surface area contributed by atoms with Crippen LogP contribution in [0.3, 0.4) is 0 Å². The van der Waals surface area contributed by atoms with Crippen molar-refractivity contribution in [3.05, 3.63) is 35.0 Å². The number of ether oxygens (including phenoxy) is 2. The lowest BCUT2D eigenvalue weighted by Gasteiger charge is -2.45. The summed E-state index contributed by atoms with van der Waals surface area (Å²) in [5, 5.41) is 10.9. The molecule has 1 spiro atoms. The minimum Gasteiger partial charge on any atom is -0.348 e. The van der Waals surface area contributed by atoms with Crippen molar-refractivity contribution >= 4 is 0 Å². The molecule has 100 valence electrons. The van der Waals surface area contributed by atoms with Crippen LogP contribution < -0.4 is 0 Å². The lowest BCUT2D eigenvalue weighted by Crippen LogP contribution is -2.46. The van der Waals surface area contributed by atoms with Gasteiger partial charge in [0.15, 0.2) is 5.79 Å². The molecule has 18 heavy (non-hydrogen) atoms. The summed E-state index contributed by atoms with van der Waals surface area (Å²) < 4.78 is 11.4. The van der Waals surface area contributed by atoms with Crippen molar-refractivity contribution in [1.82, 2.24) is 0 Å². The quantitative estimate of drug-likeness (QED) is 0.440. The van der Waals surface area contributed by atoms with Gasteiger partial charge in [-0.3, -0.25) is 10.1 Å². The van der Waals surface area contributed by atoms with Crippen LogP contribution in [-0.2, 0) is 9.47 Å². The maximum Gasteiger partial charge on any atom is 0.243 e. The first-order valence-corrected chi connectivity index (χ1v) is 6.17. The molecular weight excluding hydrogens is 234 g/mol. The average molecular weight is 253 g/mol. The molecule has 5 heteroatoms. The molecule has 2 atom stereocenters. The predicted molar refractivity (Wildman–Crippen MR) is 66.4 cm³/mol. The highest BCUT2D eigenvalue weighted by atomic mass is 16.7. The summed E-state index contributed by atoms with van der Waals surface area (Å²) in [6.45, 7) is 10.6. The van der Waals surface area contributed by atoms with Crippen LogP contribution in [0.4, 0.5) is 0 Å². The van der Waals surface area contributed by atoms with E-state index in [0.717, 1.165) is 0 Å². The maximum atomic E-state index is 10.9. The lowest BCUT2D eigenvalue weighted by molar-refractivity contribution is -0.438. The van der Waals surface area contributed by atoms with E-state index in [1.165, 1.54) is 0 Å². The van der Waals surface area contributed by atoms with Crippen LogP contribution >= 0.6 is 0 Å². The van der Waals surface area contributed by atoms with Gasteiger partial charge >= 0.3 is 0 Å². The third-order valence-electron chi connectivity index (χ3n) is 4.18. The van der Waals surface area contributed by atoms with Gasteiger partial charge in [-0.2, -0.15) is 0 Å². The molecule has 1 saturated carbocycles. The summed E-state index contributed by atoms with van der Waals surface area (Å²) in [5.74, 6) is -0.778. The molecular formula is C13H19NO4. The molecule has 0 aromatic carbocycles. The number of allylic oxidation sites excluding steroid dienone is 2. The first kappa shape index (κ1) is 13.2. The van der Waals surface area contributed by atoms with Gasteiger partial charge in [-0.05, 0) is 13.0 Å². The molecule has 1 aliphatic carbocycles. The zero-order valence-electron chi connectivity index (χ0n) is 10.7. The second kappa shape index (κ2) is 4.48. The molecule has 0 radical (unpaired) electrons. The SMILES string of the molecule is C=C[C@@]1(C)CC2(CC[C@@H]1C(=C)[N+](=O)[O-])OCCO2. The van der Waals surface area contributed by atoms with E-state index in [-0.39, 0.29) is 16.5 Å². The first-order chi connectivity index (χ1) is 8.42. The highest BCUT2D eigenvalue weighted by Crippen LogP contribution is 2.51.